The molecule has 0 rings (SSSR count). The Kier molecular flexibility index (Phi) is 13.4. The highest BCUT2D eigenvalue weighted by Gasteiger charge is 1.99. The Balaban J connectivity index is 0. The minimum absolute atomic E-state index is 0.176. The molecule has 3 N–H and O–H groups in total. The van der Waals surface area contributed by atoms with E-state index < -0.39 is 5.97 Å². The number of carbonyl (C=O) groups is 2. The number of rotatable bonds is 9. The first kappa shape index (κ1) is 19.8. The largest absolute Gasteiger partial charge is 0.478 e. The van der Waals surface area contributed by atoms with E-state index in [4.69, 9.17) is 10.8 Å². The van der Waals surface area contributed by atoms with E-state index >= 15 is 0 Å². The quantitative estimate of drug-likeness (QED) is 0.497. The lowest BCUT2D eigenvalue weighted by atomic mass is 10.1. The van der Waals surface area contributed by atoms with Gasteiger partial charge in [0.2, 0.25) is 5.91 Å². The van der Waals surface area contributed by atoms with E-state index in [1.807, 2.05) is 0 Å². The van der Waals surface area contributed by atoms with Gasteiger partial charge in [0.25, 0.3) is 0 Å². The van der Waals surface area contributed by atoms with E-state index in [2.05, 4.69) is 20.1 Å². The van der Waals surface area contributed by atoms with Crippen LogP contribution in [-0.2, 0) is 9.59 Å². The minimum atomic E-state index is -0.935. The summed E-state index contributed by atoms with van der Waals surface area (Å²) in [6.07, 6.45) is 8.16. The topological polar surface area (TPSA) is 80.4 Å². The van der Waals surface area contributed by atoms with Crippen LogP contribution in [0.15, 0.2) is 24.3 Å². The SMILES string of the molecule is C=C(C)C(=O)O.C=C(CCCCCCCC)C(N)=O. The predicted octanol–water partition coefficient (Wildman–Crippen LogP) is 3.43. The van der Waals surface area contributed by atoms with Crippen molar-refractivity contribution in [3.63, 3.8) is 0 Å². The summed E-state index contributed by atoms with van der Waals surface area (Å²) in [4.78, 5) is 20.2. The molecule has 0 spiro atoms. The third kappa shape index (κ3) is 16.4. The first-order valence-corrected chi connectivity index (χ1v) is 6.69. The van der Waals surface area contributed by atoms with E-state index in [1.165, 1.54) is 39.0 Å². The second kappa shape index (κ2) is 12.9. The minimum Gasteiger partial charge on any atom is -0.478 e. The maximum atomic E-state index is 10.6. The lowest BCUT2D eigenvalue weighted by Gasteiger charge is -2.01. The van der Waals surface area contributed by atoms with Crippen LogP contribution in [0.4, 0.5) is 0 Å². The number of hydrogen-bond acceptors (Lipinski definition) is 2. The Morgan fingerprint density at radius 2 is 1.47 bits per heavy atom. The predicted molar refractivity (Wildman–Crippen MR) is 78.8 cm³/mol. The third-order valence-corrected chi connectivity index (χ3v) is 2.55. The van der Waals surface area contributed by atoms with Gasteiger partial charge in [0, 0.05) is 11.1 Å². The average Bonchev–Trinajstić information content (AvgIpc) is 2.33. The lowest BCUT2D eigenvalue weighted by Crippen LogP contribution is -2.12. The zero-order valence-electron chi connectivity index (χ0n) is 12.2. The summed E-state index contributed by atoms with van der Waals surface area (Å²) < 4.78 is 0. The third-order valence-electron chi connectivity index (χ3n) is 2.55. The number of amides is 1. The van der Waals surface area contributed by atoms with Crippen LogP contribution in [0.3, 0.4) is 0 Å². The molecule has 0 aliphatic carbocycles. The van der Waals surface area contributed by atoms with E-state index in [0.29, 0.717) is 5.57 Å². The fraction of sp³-hybridized carbons (Fsp3) is 0.600. The summed E-state index contributed by atoms with van der Waals surface area (Å²) in [5, 5.41) is 7.89. The number of carboxylic acids is 1. The fourth-order valence-corrected chi connectivity index (χ4v) is 1.24. The molecule has 0 bridgehead atoms. The number of carbonyl (C=O) groups excluding carboxylic acids is 1. The van der Waals surface area contributed by atoms with Crippen LogP contribution in [0.25, 0.3) is 0 Å². The average molecular weight is 269 g/mol. The molecule has 0 fully saturated rings. The van der Waals surface area contributed by atoms with Crippen LogP contribution in [0.5, 0.6) is 0 Å². The molecule has 1 amide bonds. The molecule has 0 aromatic carbocycles. The first-order chi connectivity index (χ1) is 8.82. The van der Waals surface area contributed by atoms with Gasteiger partial charge in [-0.2, -0.15) is 0 Å². The summed E-state index contributed by atoms with van der Waals surface area (Å²) >= 11 is 0. The highest BCUT2D eigenvalue weighted by Crippen LogP contribution is 2.10. The van der Waals surface area contributed by atoms with Gasteiger partial charge in [-0.15, -0.1) is 0 Å². The Morgan fingerprint density at radius 3 is 1.84 bits per heavy atom. The highest BCUT2D eigenvalue weighted by molar-refractivity contribution is 5.91. The van der Waals surface area contributed by atoms with Crippen molar-refractivity contribution in [2.45, 2.75) is 58.8 Å². The van der Waals surface area contributed by atoms with E-state index in [9.17, 15) is 9.59 Å². The van der Waals surface area contributed by atoms with Crippen molar-refractivity contribution in [2.75, 3.05) is 0 Å². The van der Waals surface area contributed by atoms with Gasteiger partial charge >= 0.3 is 5.97 Å². The normalized spacial score (nSPS) is 9.16. The fourth-order valence-electron chi connectivity index (χ4n) is 1.24. The summed E-state index contributed by atoms with van der Waals surface area (Å²) in [7, 11) is 0. The van der Waals surface area contributed by atoms with Crippen molar-refractivity contribution < 1.29 is 14.7 Å². The van der Waals surface area contributed by atoms with Gasteiger partial charge in [0.05, 0.1) is 0 Å². The summed E-state index contributed by atoms with van der Waals surface area (Å²) in [6, 6.07) is 0. The molecule has 0 heterocycles. The van der Waals surface area contributed by atoms with Crippen molar-refractivity contribution in [3.05, 3.63) is 24.3 Å². The standard InChI is InChI=1S/C11H21NO.C4H6O2/c1-3-4-5-6-7-8-9-10(2)11(12)13;1-3(2)4(5)6/h2-9H2,1H3,(H2,12,13);1H2,2H3,(H,5,6). The number of aliphatic carboxylic acids is 1. The number of primary amides is 1. The molecule has 4 nitrogen and oxygen atoms in total. The molecule has 0 aliphatic rings. The second-order valence-corrected chi connectivity index (χ2v) is 4.57. The zero-order valence-corrected chi connectivity index (χ0v) is 12.2. The first-order valence-electron chi connectivity index (χ1n) is 6.69. The second-order valence-electron chi connectivity index (χ2n) is 4.57. The molecular formula is C15H27NO3. The molecular weight excluding hydrogens is 242 g/mol. The Hall–Kier alpha value is -1.58. The maximum Gasteiger partial charge on any atom is 0.330 e. The van der Waals surface area contributed by atoms with E-state index in [1.54, 1.807) is 0 Å². The number of hydrogen-bond donors (Lipinski definition) is 2. The van der Waals surface area contributed by atoms with Gasteiger partial charge in [0.15, 0.2) is 0 Å². The molecule has 0 aliphatic heterocycles. The van der Waals surface area contributed by atoms with Crippen molar-refractivity contribution >= 4 is 11.9 Å². The molecule has 0 unspecified atom stereocenters. The van der Waals surface area contributed by atoms with Crippen LogP contribution in [-0.4, -0.2) is 17.0 Å². The van der Waals surface area contributed by atoms with Gasteiger partial charge in [-0.3, -0.25) is 4.79 Å². The van der Waals surface area contributed by atoms with E-state index in [-0.39, 0.29) is 11.5 Å². The number of unbranched alkanes of at least 4 members (excludes halogenated alkanes) is 5. The van der Waals surface area contributed by atoms with Crippen LogP contribution < -0.4 is 5.73 Å². The summed E-state index contributed by atoms with van der Waals surface area (Å²) in [6.45, 7) is 10.4. The Morgan fingerprint density at radius 1 is 1.05 bits per heavy atom. The van der Waals surface area contributed by atoms with Crippen molar-refractivity contribution in [1.82, 2.24) is 0 Å². The van der Waals surface area contributed by atoms with Crippen molar-refractivity contribution in [3.8, 4) is 0 Å². The maximum absolute atomic E-state index is 10.6. The number of carboxylic acid groups (broad SMARTS) is 1. The van der Waals surface area contributed by atoms with Crippen molar-refractivity contribution in [1.29, 1.82) is 0 Å². The van der Waals surface area contributed by atoms with Crippen LogP contribution in [0.1, 0.15) is 58.8 Å². The molecule has 0 aromatic rings. The summed E-state index contributed by atoms with van der Waals surface area (Å²) in [5.41, 5.74) is 5.80. The van der Waals surface area contributed by atoms with Crippen molar-refractivity contribution in [2.24, 2.45) is 5.73 Å². The molecule has 19 heavy (non-hydrogen) atoms. The smallest absolute Gasteiger partial charge is 0.330 e. The Bertz CT molecular complexity index is 297. The molecule has 4 heteroatoms. The van der Waals surface area contributed by atoms with Gasteiger partial charge < -0.3 is 10.8 Å². The zero-order chi connectivity index (χ0) is 15.3. The Labute approximate surface area is 116 Å². The molecule has 0 atom stereocenters. The monoisotopic (exact) mass is 269 g/mol. The van der Waals surface area contributed by atoms with Gasteiger partial charge in [0.1, 0.15) is 0 Å². The molecule has 0 saturated carbocycles. The van der Waals surface area contributed by atoms with Crippen LogP contribution in [0, 0.1) is 0 Å². The van der Waals surface area contributed by atoms with Gasteiger partial charge in [-0.1, -0.05) is 52.2 Å². The molecule has 0 saturated heterocycles. The number of nitrogens with two attached hydrogens (primary N) is 1. The lowest BCUT2D eigenvalue weighted by molar-refractivity contribution is -0.132. The molecule has 110 valence electrons. The molecule has 0 aromatic heterocycles. The van der Waals surface area contributed by atoms with Gasteiger partial charge in [-0.05, 0) is 19.8 Å². The van der Waals surface area contributed by atoms with E-state index in [0.717, 1.165) is 12.8 Å². The highest BCUT2D eigenvalue weighted by atomic mass is 16.4. The van der Waals surface area contributed by atoms with Gasteiger partial charge in [-0.25, -0.2) is 4.79 Å². The van der Waals surface area contributed by atoms with Crippen LogP contribution in [0.2, 0.25) is 0 Å². The summed E-state index contributed by atoms with van der Waals surface area (Å²) in [5.74, 6) is -1.29. The van der Waals surface area contributed by atoms with Crippen LogP contribution >= 0.6 is 0 Å². The molecule has 0 radical (unpaired) electrons.